The van der Waals surface area contributed by atoms with Gasteiger partial charge >= 0.3 is 6.03 Å². The molecule has 2 aromatic heterocycles. The molecule has 1 fully saturated rings. The Labute approximate surface area is 217 Å². The number of imide groups is 1. The first-order valence-corrected chi connectivity index (χ1v) is 13.6. The average Bonchev–Trinajstić information content (AvgIpc) is 3.58. The molecule has 188 valence electrons. The van der Waals surface area contributed by atoms with E-state index in [9.17, 15) is 14.4 Å². The zero-order valence-electron chi connectivity index (χ0n) is 20.3. The van der Waals surface area contributed by atoms with Crippen molar-refractivity contribution in [1.29, 1.82) is 0 Å². The maximum absolute atomic E-state index is 12.9. The Morgan fingerprint density at radius 1 is 1.00 bits per heavy atom. The molecular formula is C27H26N6O3S. The molecule has 0 atom stereocenters. The molecule has 7 rings (SSSR count). The number of hydrogen-bond acceptors (Lipinski definition) is 7. The lowest BCUT2D eigenvalue weighted by atomic mass is 9.99. The lowest BCUT2D eigenvalue weighted by Crippen LogP contribution is -2.56. The molecule has 4 aliphatic rings. The number of carbonyl (C=O) groups excluding carboxylic acids is 3. The van der Waals surface area contributed by atoms with E-state index in [1.54, 1.807) is 6.33 Å². The minimum atomic E-state index is -0.540. The van der Waals surface area contributed by atoms with Crippen LogP contribution in [0.25, 0.3) is 15.8 Å². The Hall–Kier alpha value is -3.63. The first-order valence-electron chi connectivity index (χ1n) is 12.8. The van der Waals surface area contributed by atoms with Crippen molar-refractivity contribution in [1.82, 2.24) is 30.2 Å². The molecular weight excluding hydrogens is 488 g/mol. The molecule has 0 spiro atoms. The number of aryl methyl sites for hydroxylation is 2. The van der Waals surface area contributed by atoms with Crippen LogP contribution in [0.5, 0.6) is 0 Å². The van der Waals surface area contributed by atoms with E-state index in [1.165, 1.54) is 37.8 Å². The topological polar surface area (TPSA) is 98.7 Å². The zero-order chi connectivity index (χ0) is 25.1. The molecule has 0 bridgehead atoms. The number of carbonyl (C=O) groups is 3. The summed E-state index contributed by atoms with van der Waals surface area (Å²) >= 11 is 1.83. The molecule has 1 N–H and O–H groups in total. The maximum atomic E-state index is 12.9. The van der Waals surface area contributed by atoms with Crippen LogP contribution in [0.3, 0.4) is 0 Å². The fraction of sp³-hybridized carbons (Fsp3) is 0.370. The van der Waals surface area contributed by atoms with Crippen LogP contribution >= 0.6 is 11.3 Å². The standard InChI is InChI=1S/C27H26N6O3S/c34-22-8-11-32(27(36)30-22)33-14-18-12-16(4-5-19(18)26(33)35)13-31-9-6-17(7-10-31)24-23-20-2-1-3-21(20)37-25(23)29-15-28-24/h4-6,12,15H,1-3,7-11,13-14H2,(H,30,34,36). The smallest absolute Gasteiger partial charge is 0.295 e. The van der Waals surface area contributed by atoms with Crippen LogP contribution in [0, 0.1) is 0 Å². The van der Waals surface area contributed by atoms with Crippen LogP contribution in [0.15, 0.2) is 30.6 Å². The minimum absolute atomic E-state index is 0.191. The number of nitrogens with zero attached hydrogens (tertiary/aromatic N) is 5. The number of rotatable bonds is 4. The average molecular weight is 515 g/mol. The highest BCUT2D eigenvalue weighted by Crippen LogP contribution is 2.40. The van der Waals surface area contributed by atoms with Crippen molar-refractivity contribution < 1.29 is 14.4 Å². The number of thiophene rings is 1. The van der Waals surface area contributed by atoms with Gasteiger partial charge in [-0.05, 0) is 54.0 Å². The van der Waals surface area contributed by atoms with E-state index in [4.69, 9.17) is 4.98 Å². The first-order chi connectivity index (χ1) is 18.0. The molecule has 3 aliphatic heterocycles. The Bertz CT molecular complexity index is 1510. The van der Waals surface area contributed by atoms with Crippen molar-refractivity contribution in [3.8, 4) is 0 Å². The summed E-state index contributed by atoms with van der Waals surface area (Å²) in [4.78, 5) is 50.9. The predicted octanol–water partition coefficient (Wildman–Crippen LogP) is 3.28. The second kappa shape index (κ2) is 8.74. The van der Waals surface area contributed by atoms with Crippen LogP contribution in [0.4, 0.5) is 4.79 Å². The number of nitrogens with one attached hydrogen (secondary N) is 1. The number of aromatic nitrogens is 2. The number of urea groups is 1. The molecule has 0 unspecified atom stereocenters. The molecule has 1 aromatic carbocycles. The van der Waals surface area contributed by atoms with Gasteiger partial charge in [-0.1, -0.05) is 18.2 Å². The second-order valence-electron chi connectivity index (χ2n) is 10.1. The summed E-state index contributed by atoms with van der Waals surface area (Å²) in [6.07, 6.45) is 8.67. The van der Waals surface area contributed by atoms with E-state index in [0.717, 1.165) is 60.5 Å². The normalized spacial score (nSPS) is 19.9. The minimum Gasteiger partial charge on any atom is -0.295 e. The van der Waals surface area contributed by atoms with Crippen molar-refractivity contribution >= 4 is 45.0 Å². The van der Waals surface area contributed by atoms with Crippen molar-refractivity contribution in [3.63, 3.8) is 0 Å². The summed E-state index contributed by atoms with van der Waals surface area (Å²) in [7, 11) is 0. The third kappa shape index (κ3) is 3.82. The number of hydrazine groups is 1. The summed E-state index contributed by atoms with van der Waals surface area (Å²) in [5, 5.41) is 6.35. The fourth-order valence-corrected chi connectivity index (χ4v) is 7.17. The van der Waals surface area contributed by atoms with Gasteiger partial charge in [-0.3, -0.25) is 19.8 Å². The third-order valence-corrected chi connectivity index (χ3v) is 8.98. The molecule has 3 aromatic rings. The molecule has 0 saturated carbocycles. The van der Waals surface area contributed by atoms with E-state index in [0.29, 0.717) is 12.1 Å². The Morgan fingerprint density at radius 2 is 1.92 bits per heavy atom. The molecule has 0 radical (unpaired) electrons. The quantitative estimate of drug-likeness (QED) is 0.574. The van der Waals surface area contributed by atoms with E-state index in [1.807, 2.05) is 23.5 Å². The van der Waals surface area contributed by atoms with Gasteiger partial charge in [0, 0.05) is 41.9 Å². The third-order valence-electron chi connectivity index (χ3n) is 7.78. The number of amides is 4. The van der Waals surface area contributed by atoms with Gasteiger partial charge in [-0.25, -0.2) is 24.8 Å². The predicted molar refractivity (Wildman–Crippen MR) is 138 cm³/mol. The molecule has 9 nitrogen and oxygen atoms in total. The molecule has 4 amide bonds. The monoisotopic (exact) mass is 514 g/mol. The van der Waals surface area contributed by atoms with Crippen molar-refractivity contribution in [2.24, 2.45) is 0 Å². The molecule has 5 heterocycles. The van der Waals surface area contributed by atoms with Crippen LogP contribution in [-0.2, 0) is 30.7 Å². The first kappa shape index (κ1) is 22.6. The maximum Gasteiger partial charge on any atom is 0.342 e. The van der Waals surface area contributed by atoms with E-state index >= 15 is 0 Å². The Morgan fingerprint density at radius 3 is 2.76 bits per heavy atom. The van der Waals surface area contributed by atoms with Crippen LogP contribution in [0.1, 0.15) is 56.9 Å². The van der Waals surface area contributed by atoms with E-state index in [2.05, 4.69) is 27.3 Å². The van der Waals surface area contributed by atoms with Crippen molar-refractivity contribution in [3.05, 3.63) is 63.4 Å². The summed E-state index contributed by atoms with van der Waals surface area (Å²) in [6, 6.07) is 5.39. The summed E-state index contributed by atoms with van der Waals surface area (Å²) < 4.78 is 0. The van der Waals surface area contributed by atoms with Gasteiger partial charge in [0.15, 0.2) is 0 Å². The summed E-state index contributed by atoms with van der Waals surface area (Å²) in [6.45, 7) is 3.12. The summed E-state index contributed by atoms with van der Waals surface area (Å²) in [5.74, 6) is -0.512. The van der Waals surface area contributed by atoms with Crippen LogP contribution < -0.4 is 5.32 Å². The highest BCUT2D eigenvalue weighted by atomic mass is 32.1. The highest BCUT2D eigenvalue weighted by molar-refractivity contribution is 7.18. The number of benzene rings is 1. The second-order valence-corrected chi connectivity index (χ2v) is 11.1. The number of hydrogen-bond donors (Lipinski definition) is 1. The molecule has 10 heteroatoms. The largest absolute Gasteiger partial charge is 0.342 e. The molecule has 1 saturated heterocycles. The van der Waals surface area contributed by atoms with Gasteiger partial charge in [-0.2, -0.15) is 0 Å². The molecule has 1 aliphatic carbocycles. The zero-order valence-corrected chi connectivity index (χ0v) is 21.1. The van der Waals surface area contributed by atoms with Gasteiger partial charge in [0.2, 0.25) is 5.91 Å². The summed E-state index contributed by atoms with van der Waals surface area (Å²) in [5.41, 5.74) is 6.56. The highest BCUT2D eigenvalue weighted by Gasteiger charge is 2.37. The lowest BCUT2D eigenvalue weighted by Gasteiger charge is -2.33. The van der Waals surface area contributed by atoms with Crippen LogP contribution in [0.2, 0.25) is 0 Å². The molecule has 37 heavy (non-hydrogen) atoms. The van der Waals surface area contributed by atoms with Crippen molar-refractivity contribution in [2.75, 3.05) is 19.6 Å². The van der Waals surface area contributed by atoms with Gasteiger partial charge in [0.25, 0.3) is 5.91 Å². The van der Waals surface area contributed by atoms with E-state index in [-0.39, 0.29) is 24.8 Å². The van der Waals surface area contributed by atoms with Gasteiger partial charge in [0.05, 0.1) is 18.8 Å². The van der Waals surface area contributed by atoms with Gasteiger partial charge in [-0.15, -0.1) is 11.3 Å². The SMILES string of the molecule is O=C1CCN(N2Cc3cc(CN4CC=C(c5ncnc6sc7c(c56)CCC7)CC4)ccc3C2=O)C(=O)N1. The lowest BCUT2D eigenvalue weighted by molar-refractivity contribution is -0.123. The fourth-order valence-electron chi connectivity index (χ4n) is 5.94. The van der Waals surface area contributed by atoms with Gasteiger partial charge < -0.3 is 0 Å². The number of fused-ring (bicyclic) bond motifs is 4. The van der Waals surface area contributed by atoms with Crippen LogP contribution in [-0.4, -0.2) is 62.4 Å². The Balaban J connectivity index is 1.06. The Kier molecular flexibility index (Phi) is 5.33. The van der Waals surface area contributed by atoms with Gasteiger partial charge in [0.1, 0.15) is 11.2 Å². The van der Waals surface area contributed by atoms with Crippen molar-refractivity contribution in [2.45, 2.75) is 45.2 Å². The van der Waals surface area contributed by atoms with E-state index < -0.39 is 6.03 Å².